The highest BCUT2D eigenvalue weighted by Gasteiger charge is 2.05. The molecule has 15 heavy (non-hydrogen) atoms. The third-order valence-electron chi connectivity index (χ3n) is 2.67. The summed E-state index contributed by atoms with van der Waals surface area (Å²) in [5, 5.41) is 3.28. The van der Waals surface area contributed by atoms with Crippen LogP contribution in [0.1, 0.15) is 0 Å². The van der Waals surface area contributed by atoms with Gasteiger partial charge in [-0.25, -0.2) is 0 Å². The Morgan fingerprint density at radius 3 is 2.53 bits per heavy atom. The number of fused-ring (bicyclic) bond motifs is 3. The van der Waals surface area contributed by atoms with Crippen LogP contribution in [0.3, 0.4) is 0 Å². The van der Waals surface area contributed by atoms with Crippen LogP contribution < -0.4 is 0 Å². The minimum Gasteiger partial charge on any atom is -0.452 e. The summed E-state index contributed by atoms with van der Waals surface area (Å²) in [6.45, 7) is 0. The van der Waals surface area contributed by atoms with E-state index < -0.39 is 0 Å². The number of benzene rings is 2. The highest BCUT2D eigenvalue weighted by molar-refractivity contribution is 6.32. The maximum atomic E-state index is 6.00. The highest BCUT2D eigenvalue weighted by Crippen LogP contribution is 2.29. The van der Waals surface area contributed by atoms with Gasteiger partial charge in [0.1, 0.15) is 0 Å². The zero-order valence-corrected chi connectivity index (χ0v) is 9.85. The van der Waals surface area contributed by atoms with E-state index in [-0.39, 0.29) is 0 Å². The van der Waals surface area contributed by atoms with Gasteiger partial charge in [-0.3, -0.25) is 0 Å². The summed E-state index contributed by atoms with van der Waals surface area (Å²) in [5.74, 6) is 0. The third-order valence-corrected chi connectivity index (χ3v) is 3.46. The number of rotatable bonds is 0. The summed E-state index contributed by atoms with van der Waals surface area (Å²) in [6.07, 6.45) is 0. The normalized spacial score (nSPS) is 11.3. The molecule has 0 aliphatic rings. The average molecular weight is 228 g/mol. The van der Waals surface area contributed by atoms with E-state index in [1.165, 1.54) is 16.3 Å². The molecule has 1 nitrogen and oxygen atoms in total. The number of aromatic nitrogens is 1. The molecular formula is C12H7AlClN. The fourth-order valence-corrected chi connectivity index (χ4v) is 2.58. The fourth-order valence-electron chi connectivity index (χ4n) is 1.97. The predicted octanol–water partition coefficient (Wildman–Crippen LogP) is 3.38. The Labute approximate surface area is 101 Å². The Hall–Kier alpha value is -0.938. The van der Waals surface area contributed by atoms with Crippen LogP contribution in [0.5, 0.6) is 0 Å². The summed E-state index contributed by atoms with van der Waals surface area (Å²) in [7, 11) is 0. The average Bonchev–Trinajstić information content (AvgIpc) is 2.54. The Bertz CT molecular complexity index is 657. The molecule has 0 N–H and O–H groups in total. The van der Waals surface area contributed by atoms with Crippen LogP contribution in [-0.4, -0.2) is 20.1 Å². The van der Waals surface area contributed by atoms with E-state index in [0.29, 0.717) is 0 Å². The minimum absolute atomic E-state index is 0.772. The van der Waals surface area contributed by atoms with Crippen molar-refractivity contribution in [1.82, 2.24) is 3.55 Å². The summed E-state index contributed by atoms with van der Waals surface area (Å²) in [6, 6.07) is 14.3. The first kappa shape index (κ1) is 9.30. The lowest BCUT2D eigenvalue weighted by Gasteiger charge is -1.99. The van der Waals surface area contributed by atoms with Gasteiger partial charge in [0.2, 0.25) is 0 Å². The van der Waals surface area contributed by atoms with Gasteiger partial charge in [0, 0.05) is 26.8 Å². The van der Waals surface area contributed by atoms with E-state index in [2.05, 4.69) is 44.3 Å². The monoisotopic (exact) mass is 227 g/mol. The van der Waals surface area contributed by atoms with Gasteiger partial charge in [0.05, 0.1) is 0 Å². The largest absolute Gasteiger partial charge is 0.452 e. The van der Waals surface area contributed by atoms with Gasteiger partial charge in [-0.2, -0.15) is 0 Å². The van der Waals surface area contributed by atoms with Crippen molar-refractivity contribution < 1.29 is 0 Å². The molecular weight excluding hydrogens is 221 g/mol. The van der Waals surface area contributed by atoms with E-state index >= 15 is 0 Å². The Balaban J connectivity index is 2.63. The van der Waals surface area contributed by atoms with Crippen LogP contribution in [0.25, 0.3) is 21.8 Å². The van der Waals surface area contributed by atoms with Crippen molar-refractivity contribution in [2.24, 2.45) is 0 Å². The molecule has 0 aliphatic heterocycles. The zero-order valence-electron chi connectivity index (χ0n) is 7.94. The number of nitrogens with zero attached hydrogens (tertiary/aromatic N) is 1. The van der Waals surface area contributed by atoms with Crippen molar-refractivity contribution in [3.05, 3.63) is 47.5 Å². The lowest BCUT2D eigenvalue weighted by atomic mass is 10.2. The lowest BCUT2D eigenvalue weighted by molar-refractivity contribution is 1.39. The molecule has 0 saturated carbocycles. The van der Waals surface area contributed by atoms with Crippen molar-refractivity contribution in [3.63, 3.8) is 0 Å². The van der Waals surface area contributed by atoms with Gasteiger partial charge < -0.3 is 3.55 Å². The second-order valence-electron chi connectivity index (χ2n) is 3.55. The molecule has 0 spiro atoms. The van der Waals surface area contributed by atoms with Crippen LogP contribution >= 0.6 is 11.6 Å². The Morgan fingerprint density at radius 2 is 1.67 bits per heavy atom. The molecule has 0 atom stereocenters. The van der Waals surface area contributed by atoms with Crippen molar-refractivity contribution in [3.8, 4) is 0 Å². The first-order valence-electron chi connectivity index (χ1n) is 4.71. The van der Waals surface area contributed by atoms with Gasteiger partial charge in [-0.1, -0.05) is 35.9 Å². The molecule has 70 valence electrons. The molecule has 2 aromatic carbocycles. The van der Waals surface area contributed by atoms with Crippen molar-refractivity contribution in [2.45, 2.75) is 0 Å². The van der Waals surface area contributed by atoms with Crippen molar-refractivity contribution in [2.75, 3.05) is 0 Å². The van der Waals surface area contributed by atoms with Crippen LogP contribution in [0.4, 0.5) is 0 Å². The molecule has 0 saturated heterocycles. The van der Waals surface area contributed by atoms with E-state index in [4.69, 9.17) is 11.6 Å². The summed E-state index contributed by atoms with van der Waals surface area (Å²) < 4.78 is 2.09. The molecule has 0 bridgehead atoms. The minimum atomic E-state index is 0.772. The summed E-state index contributed by atoms with van der Waals surface area (Å²) in [4.78, 5) is 0. The first-order chi connectivity index (χ1) is 7.27. The lowest BCUT2D eigenvalue weighted by Crippen LogP contribution is -1.89. The summed E-state index contributed by atoms with van der Waals surface area (Å²) >= 11 is 8.72. The number of halogens is 1. The van der Waals surface area contributed by atoms with Crippen molar-refractivity contribution >= 4 is 49.9 Å². The molecule has 1 aromatic heterocycles. The first-order valence-corrected chi connectivity index (χ1v) is 5.60. The van der Waals surface area contributed by atoms with Gasteiger partial charge in [-0.15, -0.1) is 0 Å². The smallest absolute Gasteiger partial charge is 0.318 e. The Kier molecular flexibility index (Phi) is 2.04. The second kappa shape index (κ2) is 3.28. The molecule has 2 radical (unpaired) electrons. The van der Waals surface area contributed by atoms with Crippen molar-refractivity contribution in [1.29, 1.82) is 0 Å². The van der Waals surface area contributed by atoms with Crippen LogP contribution in [0.2, 0.25) is 5.02 Å². The van der Waals surface area contributed by atoms with Gasteiger partial charge in [-0.05, 0) is 18.2 Å². The fraction of sp³-hybridized carbons (Fsp3) is 0. The molecule has 0 unspecified atom stereocenters. The molecule has 0 fully saturated rings. The molecule has 1 heterocycles. The topological polar surface area (TPSA) is 4.93 Å². The van der Waals surface area contributed by atoms with Crippen LogP contribution in [-0.2, 0) is 0 Å². The summed E-state index contributed by atoms with van der Waals surface area (Å²) in [5.41, 5.74) is 2.36. The van der Waals surface area contributed by atoms with Gasteiger partial charge in [0.25, 0.3) is 0 Å². The van der Waals surface area contributed by atoms with E-state index in [0.717, 1.165) is 10.5 Å². The maximum Gasteiger partial charge on any atom is 0.318 e. The van der Waals surface area contributed by atoms with Crippen LogP contribution in [0, 0.1) is 0 Å². The van der Waals surface area contributed by atoms with E-state index in [9.17, 15) is 0 Å². The third kappa shape index (κ3) is 1.30. The van der Waals surface area contributed by atoms with E-state index in [1.807, 2.05) is 18.2 Å². The number of hydrogen-bond donors (Lipinski definition) is 0. The highest BCUT2D eigenvalue weighted by atomic mass is 35.5. The standard InChI is InChI=1S/C12H7ClN.Al/c13-8-5-6-10-9-3-1-2-4-11(9)14-12(10)7-8;/h1-7H;/q-1;+1. The maximum absolute atomic E-state index is 6.00. The molecule has 0 aliphatic carbocycles. The molecule has 3 aromatic rings. The molecule has 0 amide bonds. The number of para-hydroxylation sites is 1. The SMILES string of the molecule is [Al][n]1c2ccccc2c2ccc(Cl)cc21. The van der Waals surface area contributed by atoms with Gasteiger partial charge in [0.15, 0.2) is 0 Å². The zero-order chi connectivity index (χ0) is 10.4. The number of hydrogen-bond acceptors (Lipinski definition) is 0. The quantitative estimate of drug-likeness (QED) is 0.519. The molecule has 3 rings (SSSR count). The van der Waals surface area contributed by atoms with E-state index in [1.54, 1.807) is 0 Å². The van der Waals surface area contributed by atoms with Gasteiger partial charge >= 0.3 is 16.5 Å². The second-order valence-corrected chi connectivity index (χ2v) is 4.50. The predicted molar refractivity (Wildman–Crippen MR) is 65.6 cm³/mol. The Morgan fingerprint density at radius 1 is 0.933 bits per heavy atom. The van der Waals surface area contributed by atoms with Crippen LogP contribution in [0.15, 0.2) is 42.5 Å². The molecule has 3 heteroatoms.